The van der Waals surface area contributed by atoms with Crippen LogP contribution in [-0.4, -0.2) is 201 Å². The maximum atomic E-state index is 3.36. The molecule has 0 aromatic carbocycles. The number of hydrogen-bond acceptors (Lipinski definition) is 9. The Labute approximate surface area is 568 Å². The van der Waals surface area contributed by atoms with Crippen molar-refractivity contribution in [3.8, 4) is 0 Å². The molecule has 9 nitrogen and oxygen atoms in total. The van der Waals surface area contributed by atoms with Gasteiger partial charge in [0.05, 0.1) is 0 Å². The van der Waals surface area contributed by atoms with E-state index in [2.05, 4.69) is 240 Å². The highest BCUT2D eigenvalue weighted by molar-refractivity contribution is 5.03. The first kappa shape index (κ1) is 87.7. The van der Waals surface area contributed by atoms with Crippen molar-refractivity contribution in [1.82, 2.24) is 44.9 Å². The topological polar surface area (TPSA) is 46.7 Å². The molecule has 540 valence electrons. The molecule has 0 bridgehead atoms. The number of nitrogens with one attached hydrogen (secondary N) is 2. The Balaban J connectivity index is 0.000000506. The summed E-state index contributed by atoms with van der Waals surface area (Å²) in [4.78, 5) is 17.0. The molecule has 6 heterocycles. The van der Waals surface area contributed by atoms with Crippen LogP contribution in [0.25, 0.3) is 0 Å². The van der Waals surface area contributed by atoms with Crippen molar-refractivity contribution in [3.63, 3.8) is 0 Å². The lowest BCUT2D eigenvalue weighted by Crippen LogP contribution is -2.61. The lowest BCUT2D eigenvalue weighted by Gasteiger charge is -2.59. The van der Waals surface area contributed by atoms with Gasteiger partial charge in [-0.25, -0.2) is 0 Å². The Kier molecular flexibility index (Phi) is 44.8. The second kappa shape index (κ2) is 46.0. The van der Waals surface area contributed by atoms with Crippen LogP contribution in [0.4, 0.5) is 0 Å². The lowest BCUT2D eigenvalue weighted by molar-refractivity contribution is -0.0940. The summed E-state index contributed by atoms with van der Waals surface area (Å²) in [5.41, 5.74) is 0.795. The van der Waals surface area contributed by atoms with E-state index in [4.69, 9.17) is 0 Å². The summed E-state index contributed by atoms with van der Waals surface area (Å²) in [6, 6.07) is 3.41. The van der Waals surface area contributed by atoms with Crippen molar-refractivity contribution in [2.75, 3.05) is 142 Å². The largest absolute Gasteiger partial charge is 0.317 e. The van der Waals surface area contributed by atoms with E-state index in [1.807, 2.05) is 0 Å². The van der Waals surface area contributed by atoms with Crippen LogP contribution in [-0.2, 0) is 0 Å². The number of likely N-dealkylation sites (tertiary alicyclic amines) is 6. The Morgan fingerprint density at radius 2 is 0.778 bits per heavy atom. The number of rotatable bonds is 14. The van der Waals surface area contributed by atoms with Crippen molar-refractivity contribution < 1.29 is 0 Å². The van der Waals surface area contributed by atoms with E-state index in [-0.39, 0.29) is 7.43 Å². The highest BCUT2D eigenvalue weighted by atomic mass is 15.2. The van der Waals surface area contributed by atoms with Crippen molar-refractivity contribution in [2.45, 2.75) is 278 Å². The molecule has 1 spiro atoms. The average Bonchev–Trinajstić information content (AvgIpc) is 0.870. The van der Waals surface area contributed by atoms with E-state index in [0.29, 0.717) is 0 Å². The molecule has 0 aromatic rings. The van der Waals surface area contributed by atoms with Crippen molar-refractivity contribution in [3.05, 3.63) is 0 Å². The standard InChI is InChI=1S/C10H19N.C10H21N.4C9H19N.3C8H17N.CH4/c1-8(2)9-4-10(5-9)6-11(3)7-10;1-8(2)9-4-6-10(11-3)7-5-9;1-7(2)8-5-9(6-8)10(3)4;1-8(2)9-4-6-10(3)7-5-9;1-8(2)9-5-4-6-10(3)7-9;1-8(2)7-9-5-4-6-10(9)3;1-7(2)4-8-5-9(3)6-8;1-6(2)7-4-8(5-7)9-3;1-7(2)8-4-5-9(3)6-8;/h8-9H,4-7H2,1-3H3;8-11H,4-7H2,1-3H3;7-9H,5-6H2,1-4H3;3*8-9H,4-7H2,1-3H3;7-8H,4-6H2,1-3H3;6-9H,4-5H2,1-3H3;7-8H,4-6H2,1-3H3;1H4. The third-order valence-corrected chi connectivity index (χ3v) is 24.1. The van der Waals surface area contributed by atoms with Gasteiger partial charge in [-0.05, 0) is 331 Å². The van der Waals surface area contributed by atoms with Gasteiger partial charge >= 0.3 is 0 Å². The minimum atomic E-state index is 0. The second-order valence-electron chi connectivity index (χ2n) is 35.8. The van der Waals surface area contributed by atoms with Crippen LogP contribution in [0.1, 0.15) is 254 Å². The summed E-state index contributed by atoms with van der Waals surface area (Å²) < 4.78 is 0. The van der Waals surface area contributed by atoms with E-state index in [1.165, 1.54) is 194 Å². The van der Waals surface area contributed by atoms with E-state index in [1.54, 1.807) is 0 Å². The minimum absolute atomic E-state index is 0. The highest BCUT2D eigenvalue weighted by Gasteiger charge is 2.51. The van der Waals surface area contributed by atoms with Crippen molar-refractivity contribution in [2.24, 2.45) is 106 Å². The molecule has 6 aliphatic heterocycles. The third kappa shape index (κ3) is 35.2. The average molecular weight is 1270 g/mol. The highest BCUT2D eigenvalue weighted by Crippen LogP contribution is 2.53. The molecular formula is C81H171N9. The van der Waals surface area contributed by atoms with Gasteiger partial charge in [0, 0.05) is 63.4 Å². The molecule has 6 saturated heterocycles. The molecule has 4 saturated carbocycles. The summed E-state index contributed by atoms with van der Waals surface area (Å²) in [5.74, 6) is 16.0. The monoisotopic (exact) mass is 1270 g/mol. The second-order valence-corrected chi connectivity index (χ2v) is 35.8. The fourth-order valence-electron chi connectivity index (χ4n) is 16.4. The SMILES string of the molecule is C.CC(C)C1CC(N(C)C)C1.CC(C)C1CC2(C1)CN(C)C2.CC(C)C1CCCN(C)C1.CC(C)C1CCN(C)C1.CC(C)C1CCN(C)CC1.CC(C)CC1CCCN1C.CC(C)CC1CN(C)C1.CNC1CC(C(C)C)C1.CNC1CCC(C(C)C)CC1. The Bertz CT molecular complexity index is 1650. The Hall–Kier alpha value is -0.360. The van der Waals surface area contributed by atoms with Gasteiger partial charge in [0.25, 0.3) is 0 Å². The molecule has 2 N–H and O–H groups in total. The predicted molar refractivity (Wildman–Crippen MR) is 405 cm³/mol. The smallest absolute Gasteiger partial charge is 0.00951 e. The molecule has 10 fully saturated rings. The Morgan fingerprint density at radius 1 is 0.378 bits per heavy atom. The zero-order chi connectivity index (χ0) is 67.3. The fourth-order valence-corrected chi connectivity index (χ4v) is 16.4. The molecule has 0 amide bonds. The minimum Gasteiger partial charge on any atom is -0.317 e. The molecule has 10 rings (SSSR count). The molecule has 0 aromatic heterocycles. The van der Waals surface area contributed by atoms with Crippen LogP contribution in [0, 0.1) is 106 Å². The normalized spacial score (nSPS) is 29.2. The van der Waals surface area contributed by atoms with E-state index in [0.717, 1.165) is 130 Å². The molecule has 4 aliphatic carbocycles. The quantitative estimate of drug-likeness (QED) is 0.177. The van der Waals surface area contributed by atoms with Crippen LogP contribution >= 0.6 is 0 Å². The molecule has 9 heteroatoms. The molecule has 10 aliphatic rings. The summed E-state index contributed by atoms with van der Waals surface area (Å²) in [6.45, 7) is 56.5. The van der Waals surface area contributed by atoms with Crippen LogP contribution < -0.4 is 10.6 Å². The number of piperidine rings is 2. The first-order valence-electron chi connectivity index (χ1n) is 38.8. The zero-order valence-corrected chi connectivity index (χ0v) is 66.0. The first-order valence-corrected chi connectivity index (χ1v) is 38.8. The van der Waals surface area contributed by atoms with Crippen LogP contribution in [0.15, 0.2) is 0 Å². The van der Waals surface area contributed by atoms with Crippen LogP contribution in [0.2, 0.25) is 0 Å². The summed E-state index contributed by atoms with van der Waals surface area (Å²) in [5, 5.41) is 6.65. The molecule has 0 radical (unpaired) electrons. The summed E-state index contributed by atoms with van der Waals surface area (Å²) in [7, 11) is 21.8. The van der Waals surface area contributed by atoms with Gasteiger partial charge in [-0.15, -0.1) is 0 Å². The van der Waals surface area contributed by atoms with Gasteiger partial charge in [-0.3, -0.25) is 0 Å². The van der Waals surface area contributed by atoms with Gasteiger partial charge in [0.1, 0.15) is 0 Å². The van der Waals surface area contributed by atoms with Gasteiger partial charge in [-0.2, -0.15) is 0 Å². The number of nitrogens with zero attached hydrogens (tertiary/aromatic N) is 7. The fraction of sp³-hybridized carbons (Fsp3) is 1.00. The maximum absolute atomic E-state index is 3.36. The molecular weight excluding hydrogens is 1100 g/mol. The van der Waals surface area contributed by atoms with E-state index >= 15 is 0 Å². The van der Waals surface area contributed by atoms with E-state index < -0.39 is 0 Å². The van der Waals surface area contributed by atoms with E-state index in [9.17, 15) is 0 Å². The van der Waals surface area contributed by atoms with Crippen LogP contribution in [0.3, 0.4) is 0 Å². The lowest BCUT2D eigenvalue weighted by atomic mass is 9.55. The molecule has 3 unspecified atom stereocenters. The molecule has 90 heavy (non-hydrogen) atoms. The first-order chi connectivity index (χ1) is 41.7. The van der Waals surface area contributed by atoms with Gasteiger partial charge in [-0.1, -0.05) is 132 Å². The van der Waals surface area contributed by atoms with Gasteiger partial charge in [0.15, 0.2) is 0 Å². The van der Waals surface area contributed by atoms with Crippen molar-refractivity contribution in [1.29, 1.82) is 0 Å². The van der Waals surface area contributed by atoms with Gasteiger partial charge < -0.3 is 44.9 Å². The maximum Gasteiger partial charge on any atom is 0.00951 e. The third-order valence-electron chi connectivity index (χ3n) is 24.1. The summed E-state index contributed by atoms with van der Waals surface area (Å²) in [6.07, 6.45) is 27.0. The predicted octanol–water partition coefficient (Wildman–Crippen LogP) is 17.9. The van der Waals surface area contributed by atoms with Crippen LogP contribution in [0.5, 0.6) is 0 Å². The number of hydrogen-bond donors (Lipinski definition) is 2. The Morgan fingerprint density at radius 3 is 1.12 bits per heavy atom. The summed E-state index contributed by atoms with van der Waals surface area (Å²) >= 11 is 0. The molecule has 3 atom stereocenters. The zero-order valence-electron chi connectivity index (χ0n) is 66.0. The van der Waals surface area contributed by atoms with Gasteiger partial charge in [0.2, 0.25) is 0 Å². The van der Waals surface area contributed by atoms with Crippen molar-refractivity contribution >= 4 is 0 Å².